The topological polar surface area (TPSA) is 59.0 Å². The van der Waals surface area contributed by atoms with Gasteiger partial charge in [0.15, 0.2) is 0 Å². The quantitative estimate of drug-likeness (QED) is 0.811. The lowest BCUT2D eigenvalue weighted by atomic mass is 10.4. The molecule has 0 bridgehead atoms. The highest BCUT2D eigenvalue weighted by atomic mass is 16.2. The molecule has 2 amide bonds. The van der Waals surface area contributed by atoms with E-state index in [1.54, 1.807) is 0 Å². The molecule has 5 heteroatoms. The minimum absolute atomic E-state index is 0.103. The number of aromatic nitrogens is 2. The number of urea groups is 1. The summed E-state index contributed by atoms with van der Waals surface area (Å²) in [6, 6.07) is 0.547. The predicted molar refractivity (Wildman–Crippen MR) is 66.0 cm³/mol. The molecule has 0 radical (unpaired) electrons. The van der Waals surface area contributed by atoms with Crippen molar-refractivity contribution in [1.29, 1.82) is 0 Å². The van der Waals surface area contributed by atoms with Gasteiger partial charge in [-0.15, -0.1) is 0 Å². The number of carbonyl (C=O) groups is 1. The predicted octanol–water partition coefficient (Wildman–Crippen LogP) is 1.39. The molecular formula is C12H20N4O. The van der Waals surface area contributed by atoms with Crippen molar-refractivity contribution in [2.24, 2.45) is 0 Å². The van der Waals surface area contributed by atoms with Crippen molar-refractivity contribution in [2.75, 3.05) is 13.1 Å². The molecule has 1 aromatic rings. The van der Waals surface area contributed by atoms with Gasteiger partial charge in [-0.2, -0.15) is 0 Å². The Balaban J connectivity index is 1.84. The molecule has 1 aliphatic rings. The molecule has 5 nitrogen and oxygen atoms in total. The first-order valence-corrected chi connectivity index (χ1v) is 6.26. The SMILES string of the molecule is CCNC(=O)NCCc1ncc(C)n1C1CC1. The van der Waals surface area contributed by atoms with E-state index in [4.69, 9.17) is 0 Å². The second-order valence-corrected chi connectivity index (χ2v) is 4.45. The first-order chi connectivity index (χ1) is 8.22. The van der Waals surface area contributed by atoms with Crippen molar-refractivity contribution >= 4 is 6.03 Å². The van der Waals surface area contributed by atoms with Crippen molar-refractivity contribution in [2.45, 2.75) is 39.2 Å². The summed E-state index contributed by atoms with van der Waals surface area (Å²) in [5.74, 6) is 1.08. The van der Waals surface area contributed by atoms with Crippen molar-refractivity contribution in [3.05, 3.63) is 17.7 Å². The van der Waals surface area contributed by atoms with Crippen LogP contribution in [-0.2, 0) is 6.42 Å². The number of imidazole rings is 1. The Morgan fingerprint density at radius 3 is 2.94 bits per heavy atom. The van der Waals surface area contributed by atoms with Gasteiger partial charge in [0, 0.05) is 37.4 Å². The van der Waals surface area contributed by atoms with Gasteiger partial charge < -0.3 is 15.2 Å². The van der Waals surface area contributed by atoms with E-state index >= 15 is 0 Å². The van der Waals surface area contributed by atoms with E-state index in [0.717, 1.165) is 12.2 Å². The first-order valence-electron chi connectivity index (χ1n) is 6.26. The zero-order valence-electron chi connectivity index (χ0n) is 10.5. The molecule has 0 spiro atoms. The minimum Gasteiger partial charge on any atom is -0.338 e. The Labute approximate surface area is 102 Å². The molecule has 0 unspecified atom stereocenters. The fourth-order valence-corrected chi connectivity index (χ4v) is 2.02. The van der Waals surface area contributed by atoms with Crippen LogP contribution < -0.4 is 10.6 Å². The highest BCUT2D eigenvalue weighted by molar-refractivity contribution is 5.73. The Hall–Kier alpha value is -1.52. The number of nitrogens with one attached hydrogen (secondary N) is 2. The van der Waals surface area contributed by atoms with Crippen LogP contribution >= 0.6 is 0 Å². The fraction of sp³-hybridized carbons (Fsp3) is 0.667. The van der Waals surface area contributed by atoms with E-state index < -0.39 is 0 Å². The molecule has 0 atom stereocenters. The van der Waals surface area contributed by atoms with Crippen LogP contribution in [-0.4, -0.2) is 28.7 Å². The molecule has 0 aliphatic heterocycles. The molecule has 1 heterocycles. The molecule has 2 N–H and O–H groups in total. The Morgan fingerprint density at radius 1 is 1.53 bits per heavy atom. The number of nitrogens with zero attached hydrogens (tertiary/aromatic N) is 2. The molecule has 0 aromatic carbocycles. The minimum atomic E-state index is -0.103. The van der Waals surface area contributed by atoms with Crippen LogP contribution in [0.1, 0.15) is 37.3 Å². The standard InChI is InChI=1S/C12H20N4O/c1-3-13-12(17)14-7-6-11-15-8-9(2)16(11)10-4-5-10/h8,10H,3-7H2,1-2H3,(H2,13,14,17). The molecule has 2 rings (SSSR count). The van der Waals surface area contributed by atoms with Gasteiger partial charge in [0.05, 0.1) is 0 Å². The number of amides is 2. The third kappa shape index (κ3) is 2.99. The average molecular weight is 236 g/mol. The van der Waals surface area contributed by atoms with Gasteiger partial charge in [0.2, 0.25) is 0 Å². The lowest BCUT2D eigenvalue weighted by Crippen LogP contribution is -2.36. The molecule has 0 saturated heterocycles. The van der Waals surface area contributed by atoms with Crippen LogP contribution in [0, 0.1) is 6.92 Å². The highest BCUT2D eigenvalue weighted by Crippen LogP contribution is 2.36. The lowest BCUT2D eigenvalue weighted by molar-refractivity contribution is 0.241. The fourth-order valence-electron chi connectivity index (χ4n) is 2.02. The maximum atomic E-state index is 11.2. The van der Waals surface area contributed by atoms with E-state index in [0.29, 0.717) is 19.1 Å². The third-order valence-electron chi connectivity index (χ3n) is 2.94. The number of hydrogen-bond acceptors (Lipinski definition) is 2. The second-order valence-electron chi connectivity index (χ2n) is 4.45. The second kappa shape index (κ2) is 5.21. The van der Waals surface area contributed by atoms with E-state index in [1.807, 2.05) is 13.1 Å². The summed E-state index contributed by atoms with van der Waals surface area (Å²) in [7, 11) is 0. The van der Waals surface area contributed by atoms with Crippen LogP contribution in [0.2, 0.25) is 0 Å². The van der Waals surface area contributed by atoms with E-state index in [1.165, 1.54) is 18.5 Å². The van der Waals surface area contributed by atoms with Gasteiger partial charge in [-0.3, -0.25) is 0 Å². The van der Waals surface area contributed by atoms with Crippen LogP contribution in [0.5, 0.6) is 0 Å². The van der Waals surface area contributed by atoms with Crippen molar-refractivity contribution in [3.8, 4) is 0 Å². The summed E-state index contributed by atoms with van der Waals surface area (Å²) >= 11 is 0. The number of hydrogen-bond donors (Lipinski definition) is 2. The first kappa shape index (κ1) is 12.0. The molecule has 1 saturated carbocycles. The van der Waals surface area contributed by atoms with Crippen molar-refractivity contribution in [3.63, 3.8) is 0 Å². The number of carbonyl (C=O) groups excluding carboxylic acids is 1. The zero-order chi connectivity index (χ0) is 12.3. The highest BCUT2D eigenvalue weighted by Gasteiger charge is 2.26. The molecule has 1 aromatic heterocycles. The Bertz CT molecular complexity index is 395. The summed E-state index contributed by atoms with van der Waals surface area (Å²) in [5, 5.41) is 5.53. The largest absolute Gasteiger partial charge is 0.338 e. The Morgan fingerprint density at radius 2 is 2.29 bits per heavy atom. The van der Waals surface area contributed by atoms with Gasteiger partial charge in [-0.1, -0.05) is 0 Å². The summed E-state index contributed by atoms with van der Waals surface area (Å²) in [4.78, 5) is 15.6. The van der Waals surface area contributed by atoms with Crippen molar-refractivity contribution in [1.82, 2.24) is 20.2 Å². The van der Waals surface area contributed by atoms with Crippen molar-refractivity contribution < 1.29 is 4.79 Å². The molecule has 94 valence electrons. The molecule has 1 fully saturated rings. The number of aryl methyl sites for hydroxylation is 1. The zero-order valence-corrected chi connectivity index (χ0v) is 10.5. The maximum absolute atomic E-state index is 11.2. The van der Waals surface area contributed by atoms with Gasteiger partial charge in [0.1, 0.15) is 5.82 Å². The summed E-state index contributed by atoms with van der Waals surface area (Å²) in [6.45, 7) is 5.28. The lowest BCUT2D eigenvalue weighted by Gasteiger charge is -2.09. The van der Waals surface area contributed by atoms with E-state index in [9.17, 15) is 4.79 Å². The monoisotopic (exact) mass is 236 g/mol. The van der Waals surface area contributed by atoms with Crippen LogP contribution in [0.25, 0.3) is 0 Å². The Kier molecular flexibility index (Phi) is 3.66. The van der Waals surface area contributed by atoms with Gasteiger partial charge >= 0.3 is 6.03 Å². The van der Waals surface area contributed by atoms with E-state index in [2.05, 4.69) is 27.1 Å². The summed E-state index contributed by atoms with van der Waals surface area (Å²) in [5.41, 5.74) is 1.22. The molecule has 1 aliphatic carbocycles. The van der Waals surface area contributed by atoms with Gasteiger partial charge in [0.25, 0.3) is 0 Å². The molecule has 17 heavy (non-hydrogen) atoms. The maximum Gasteiger partial charge on any atom is 0.314 e. The van der Waals surface area contributed by atoms with E-state index in [-0.39, 0.29) is 6.03 Å². The van der Waals surface area contributed by atoms with Crippen LogP contribution in [0.15, 0.2) is 6.20 Å². The third-order valence-corrected chi connectivity index (χ3v) is 2.94. The smallest absolute Gasteiger partial charge is 0.314 e. The van der Waals surface area contributed by atoms with Gasteiger partial charge in [-0.25, -0.2) is 9.78 Å². The average Bonchev–Trinajstić information content (AvgIpc) is 3.05. The normalized spacial score (nSPS) is 14.7. The van der Waals surface area contributed by atoms with Gasteiger partial charge in [-0.05, 0) is 26.7 Å². The molecular weight excluding hydrogens is 216 g/mol. The van der Waals surface area contributed by atoms with Crippen LogP contribution in [0.4, 0.5) is 4.79 Å². The number of rotatable bonds is 5. The van der Waals surface area contributed by atoms with Crippen LogP contribution in [0.3, 0.4) is 0 Å². The summed E-state index contributed by atoms with van der Waals surface area (Å²) < 4.78 is 2.30. The summed E-state index contributed by atoms with van der Waals surface area (Å²) in [6.07, 6.45) is 5.23.